The molecule has 72 valence electrons. The summed E-state index contributed by atoms with van der Waals surface area (Å²) in [6.45, 7) is 0.531. The molecule has 1 aromatic heterocycles. The molecule has 0 saturated carbocycles. The SMILES string of the molecule is CN(Cc1nccn1C)C(=O)CS. The van der Waals surface area contributed by atoms with Crippen molar-refractivity contribution in [2.45, 2.75) is 6.54 Å². The third-order valence-corrected chi connectivity index (χ3v) is 2.13. The van der Waals surface area contributed by atoms with Crippen LogP contribution in [-0.4, -0.2) is 33.2 Å². The van der Waals surface area contributed by atoms with Crippen molar-refractivity contribution in [1.82, 2.24) is 14.5 Å². The summed E-state index contributed by atoms with van der Waals surface area (Å²) in [5.74, 6) is 1.12. The first-order valence-electron chi connectivity index (χ1n) is 3.96. The lowest BCUT2D eigenvalue weighted by molar-refractivity contribution is -0.127. The van der Waals surface area contributed by atoms with Crippen molar-refractivity contribution in [3.63, 3.8) is 0 Å². The molecule has 1 aromatic rings. The zero-order chi connectivity index (χ0) is 9.84. The first-order valence-corrected chi connectivity index (χ1v) is 4.59. The number of imidazole rings is 1. The van der Waals surface area contributed by atoms with E-state index in [9.17, 15) is 4.79 Å². The van der Waals surface area contributed by atoms with Crippen molar-refractivity contribution >= 4 is 18.5 Å². The van der Waals surface area contributed by atoms with E-state index in [1.165, 1.54) is 0 Å². The number of hydrogen-bond acceptors (Lipinski definition) is 3. The zero-order valence-corrected chi connectivity index (χ0v) is 8.66. The van der Waals surface area contributed by atoms with Gasteiger partial charge in [0, 0.05) is 26.5 Å². The van der Waals surface area contributed by atoms with E-state index < -0.39 is 0 Å². The van der Waals surface area contributed by atoms with Gasteiger partial charge in [-0.3, -0.25) is 4.79 Å². The second-order valence-corrected chi connectivity index (χ2v) is 3.18. The van der Waals surface area contributed by atoms with Crippen molar-refractivity contribution in [3.8, 4) is 0 Å². The fraction of sp³-hybridized carbons (Fsp3) is 0.500. The van der Waals surface area contributed by atoms with E-state index in [-0.39, 0.29) is 11.7 Å². The predicted octanol–water partition coefficient (Wildman–Crippen LogP) is 0.308. The Labute approximate surface area is 83.0 Å². The van der Waals surface area contributed by atoms with Crippen LogP contribution < -0.4 is 0 Å². The third-order valence-electron chi connectivity index (χ3n) is 1.86. The number of carbonyl (C=O) groups is 1. The van der Waals surface area contributed by atoms with E-state index in [1.807, 2.05) is 17.8 Å². The molecule has 0 fully saturated rings. The molecule has 0 N–H and O–H groups in total. The van der Waals surface area contributed by atoms with Crippen LogP contribution in [0.15, 0.2) is 12.4 Å². The fourth-order valence-electron chi connectivity index (χ4n) is 0.970. The Hall–Kier alpha value is -0.970. The Morgan fingerprint density at radius 3 is 2.92 bits per heavy atom. The highest BCUT2D eigenvalue weighted by molar-refractivity contribution is 7.81. The quantitative estimate of drug-likeness (QED) is 0.711. The van der Waals surface area contributed by atoms with Gasteiger partial charge < -0.3 is 9.47 Å². The van der Waals surface area contributed by atoms with Crippen LogP contribution in [0.3, 0.4) is 0 Å². The minimum absolute atomic E-state index is 0.00586. The van der Waals surface area contributed by atoms with Gasteiger partial charge in [-0.25, -0.2) is 4.98 Å². The first-order chi connectivity index (χ1) is 6.15. The van der Waals surface area contributed by atoms with E-state index in [0.29, 0.717) is 6.54 Å². The molecule has 0 aromatic carbocycles. The molecule has 0 bridgehead atoms. The summed E-state index contributed by atoms with van der Waals surface area (Å²) < 4.78 is 1.89. The Kier molecular flexibility index (Phi) is 3.36. The van der Waals surface area contributed by atoms with Crippen LogP contribution in [0, 0.1) is 0 Å². The largest absolute Gasteiger partial charge is 0.338 e. The molecule has 1 amide bonds. The Morgan fingerprint density at radius 1 is 1.77 bits per heavy atom. The molecule has 0 unspecified atom stereocenters. The van der Waals surface area contributed by atoms with Gasteiger partial charge >= 0.3 is 0 Å². The number of hydrogen-bond donors (Lipinski definition) is 1. The van der Waals surface area contributed by atoms with E-state index in [2.05, 4.69) is 17.6 Å². The second-order valence-electron chi connectivity index (χ2n) is 2.86. The summed E-state index contributed by atoms with van der Waals surface area (Å²) in [7, 11) is 3.65. The normalized spacial score (nSPS) is 10.1. The number of aromatic nitrogens is 2. The monoisotopic (exact) mass is 199 g/mol. The van der Waals surface area contributed by atoms with Crippen LogP contribution >= 0.6 is 12.6 Å². The molecule has 4 nitrogen and oxygen atoms in total. The molecule has 0 aliphatic rings. The lowest BCUT2D eigenvalue weighted by atomic mass is 10.5. The first kappa shape index (κ1) is 10.1. The van der Waals surface area contributed by atoms with Gasteiger partial charge in [0.15, 0.2) is 0 Å². The van der Waals surface area contributed by atoms with E-state index in [0.717, 1.165) is 5.82 Å². The molecular formula is C8H13N3OS. The number of aryl methyl sites for hydroxylation is 1. The lowest BCUT2D eigenvalue weighted by Crippen LogP contribution is -2.28. The van der Waals surface area contributed by atoms with Gasteiger partial charge in [0.1, 0.15) is 5.82 Å². The van der Waals surface area contributed by atoms with Crippen molar-refractivity contribution in [3.05, 3.63) is 18.2 Å². The van der Waals surface area contributed by atoms with Crippen molar-refractivity contribution in [2.75, 3.05) is 12.8 Å². The van der Waals surface area contributed by atoms with Crippen molar-refractivity contribution in [1.29, 1.82) is 0 Å². The van der Waals surface area contributed by atoms with Gasteiger partial charge in [-0.1, -0.05) is 0 Å². The molecule has 5 heteroatoms. The summed E-state index contributed by atoms with van der Waals surface area (Å²) >= 11 is 3.91. The predicted molar refractivity (Wildman–Crippen MR) is 53.5 cm³/mol. The molecule has 0 spiro atoms. The van der Waals surface area contributed by atoms with Crippen LogP contribution in [-0.2, 0) is 18.4 Å². The fourth-order valence-corrected chi connectivity index (χ4v) is 1.21. The standard InChI is InChI=1S/C8H13N3OS/c1-10-4-3-9-7(10)5-11(2)8(12)6-13/h3-4,13H,5-6H2,1-2H3. The van der Waals surface area contributed by atoms with Crippen molar-refractivity contribution in [2.24, 2.45) is 7.05 Å². The maximum atomic E-state index is 11.2. The maximum Gasteiger partial charge on any atom is 0.232 e. The highest BCUT2D eigenvalue weighted by Gasteiger charge is 2.08. The van der Waals surface area contributed by atoms with Crippen LogP contribution in [0.5, 0.6) is 0 Å². The van der Waals surface area contributed by atoms with Crippen LogP contribution in [0.25, 0.3) is 0 Å². The van der Waals surface area contributed by atoms with E-state index in [1.54, 1.807) is 18.1 Å². The smallest absolute Gasteiger partial charge is 0.232 e. The molecule has 0 atom stereocenters. The van der Waals surface area contributed by atoms with Gasteiger partial charge in [-0.2, -0.15) is 12.6 Å². The van der Waals surface area contributed by atoms with Gasteiger partial charge in [-0.15, -0.1) is 0 Å². The number of amides is 1. The molecule has 0 aliphatic carbocycles. The summed E-state index contributed by atoms with van der Waals surface area (Å²) in [5.41, 5.74) is 0. The van der Waals surface area contributed by atoms with E-state index in [4.69, 9.17) is 0 Å². The van der Waals surface area contributed by atoms with Gasteiger partial charge in [0.2, 0.25) is 5.91 Å². The lowest BCUT2D eigenvalue weighted by Gasteiger charge is -2.15. The molecular weight excluding hydrogens is 186 g/mol. The molecule has 0 radical (unpaired) electrons. The van der Waals surface area contributed by atoms with Gasteiger partial charge in [0.25, 0.3) is 0 Å². The number of nitrogens with zero attached hydrogens (tertiary/aromatic N) is 3. The highest BCUT2D eigenvalue weighted by atomic mass is 32.1. The number of rotatable bonds is 3. The number of carbonyl (C=O) groups excluding carboxylic acids is 1. The summed E-state index contributed by atoms with van der Waals surface area (Å²) in [4.78, 5) is 16.9. The molecule has 1 heterocycles. The summed E-state index contributed by atoms with van der Waals surface area (Å²) in [5, 5.41) is 0. The molecule has 0 saturated heterocycles. The molecule has 0 aliphatic heterocycles. The van der Waals surface area contributed by atoms with Crippen molar-refractivity contribution < 1.29 is 4.79 Å². The topological polar surface area (TPSA) is 38.1 Å². The minimum atomic E-state index is 0.00586. The number of thiol groups is 1. The second kappa shape index (κ2) is 4.32. The minimum Gasteiger partial charge on any atom is -0.338 e. The third kappa shape index (κ3) is 2.48. The average molecular weight is 199 g/mol. The summed E-state index contributed by atoms with van der Waals surface area (Å²) in [6, 6.07) is 0. The molecule has 1 rings (SSSR count). The Morgan fingerprint density at radius 2 is 2.46 bits per heavy atom. The van der Waals surface area contributed by atoms with Gasteiger partial charge in [-0.05, 0) is 0 Å². The maximum absolute atomic E-state index is 11.2. The van der Waals surface area contributed by atoms with Crippen LogP contribution in [0.4, 0.5) is 0 Å². The van der Waals surface area contributed by atoms with Gasteiger partial charge in [0.05, 0.1) is 12.3 Å². The van der Waals surface area contributed by atoms with E-state index >= 15 is 0 Å². The van der Waals surface area contributed by atoms with Crippen LogP contribution in [0.1, 0.15) is 5.82 Å². The molecule has 13 heavy (non-hydrogen) atoms. The zero-order valence-electron chi connectivity index (χ0n) is 7.77. The van der Waals surface area contributed by atoms with Crippen LogP contribution in [0.2, 0.25) is 0 Å². The Balaban J connectivity index is 2.59. The Bertz CT molecular complexity index is 297. The highest BCUT2D eigenvalue weighted by Crippen LogP contribution is 1.99. The average Bonchev–Trinajstić information content (AvgIpc) is 2.50. The summed E-state index contributed by atoms with van der Waals surface area (Å²) in [6.07, 6.45) is 3.57.